The van der Waals surface area contributed by atoms with Gasteiger partial charge in [0.2, 0.25) is 5.91 Å². The number of likely N-dealkylation sites (tertiary alicyclic amines) is 2. The van der Waals surface area contributed by atoms with E-state index in [9.17, 15) is 14.4 Å². The molecule has 9 nitrogen and oxygen atoms in total. The first-order chi connectivity index (χ1) is 16.4. The fourth-order valence-corrected chi connectivity index (χ4v) is 4.97. The molecule has 1 aromatic carbocycles. The van der Waals surface area contributed by atoms with Gasteiger partial charge in [-0.3, -0.25) is 9.69 Å². The number of piperidine rings is 2. The summed E-state index contributed by atoms with van der Waals surface area (Å²) in [5, 5.41) is 3.16. The zero-order valence-electron chi connectivity index (χ0n) is 20.4. The van der Waals surface area contributed by atoms with Crippen LogP contribution in [0.15, 0.2) is 18.2 Å². The quantitative estimate of drug-likeness (QED) is 0.730. The summed E-state index contributed by atoms with van der Waals surface area (Å²) in [5.74, 6) is 0.703. The second-order valence-corrected chi connectivity index (χ2v) is 9.52. The summed E-state index contributed by atoms with van der Waals surface area (Å²) < 4.78 is 11.0. The number of carbonyl (C=O) groups is 3. The molecule has 0 saturated carbocycles. The van der Waals surface area contributed by atoms with Crippen LogP contribution in [0.4, 0.5) is 15.3 Å². The molecule has 2 fully saturated rings. The Labute approximate surface area is 201 Å². The van der Waals surface area contributed by atoms with Crippen LogP contribution >= 0.6 is 0 Å². The van der Waals surface area contributed by atoms with Crippen LogP contribution < -0.4 is 15.0 Å². The predicted molar refractivity (Wildman–Crippen MR) is 128 cm³/mol. The first-order valence-electron chi connectivity index (χ1n) is 12.4. The molecule has 3 heterocycles. The van der Waals surface area contributed by atoms with Crippen LogP contribution in [0.5, 0.6) is 5.75 Å². The molecule has 9 heteroatoms. The van der Waals surface area contributed by atoms with Gasteiger partial charge in [-0.2, -0.15) is 0 Å². The first-order valence-corrected chi connectivity index (χ1v) is 12.4. The van der Waals surface area contributed by atoms with Crippen LogP contribution in [0.25, 0.3) is 0 Å². The van der Waals surface area contributed by atoms with E-state index >= 15 is 0 Å². The van der Waals surface area contributed by atoms with E-state index in [0.29, 0.717) is 52.2 Å². The lowest BCUT2D eigenvalue weighted by molar-refractivity contribution is -0.127. The average Bonchev–Trinajstić information content (AvgIpc) is 2.84. The van der Waals surface area contributed by atoms with Crippen LogP contribution in [0, 0.1) is 12.8 Å². The van der Waals surface area contributed by atoms with E-state index in [4.69, 9.17) is 9.47 Å². The van der Waals surface area contributed by atoms with E-state index in [0.717, 1.165) is 29.8 Å². The number of amides is 4. The fourth-order valence-electron chi connectivity index (χ4n) is 4.97. The minimum atomic E-state index is -0.281. The smallest absolute Gasteiger partial charge is 0.409 e. The average molecular weight is 473 g/mol. The van der Waals surface area contributed by atoms with Gasteiger partial charge in [-0.25, -0.2) is 9.59 Å². The molecule has 4 rings (SSSR count). The molecule has 0 radical (unpaired) electrons. The predicted octanol–water partition coefficient (Wildman–Crippen LogP) is 3.15. The maximum Gasteiger partial charge on any atom is 0.409 e. The van der Waals surface area contributed by atoms with Crippen molar-refractivity contribution in [1.29, 1.82) is 0 Å². The Morgan fingerprint density at radius 1 is 1.06 bits per heavy atom. The number of carbonyl (C=O) groups excluding carboxylic acids is 3. The Morgan fingerprint density at radius 2 is 1.74 bits per heavy atom. The van der Waals surface area contributed by atoms with Gasteiger partial charge >= 0.3 is 12.1 Å². The van der Waals surface area contributed by atoms with Crippen molar-refractivity contribution in [3.63, 3.8) is 0 Å². The van der Waals surface area contributed by atoms with Crippen LogP contribution in [-0.4, -0.2) is 79.3 Å². The summed E-state index contributed by atoms with van der Waals surface area (Å²) in [6.07, 6.45) is 2.42. The SMILES string of the molecule is CCOC(=O)N1CCC(NC(=O)C2CCN(C(=O)N3C[C@H](C)Oc4ccc(C)cc43)CC2)CC1. The monoisotopic (exact) mass is 472 g/mol. The zero-order valence-corrected chi connectivity index (χ0v) is 20.4. The van der Waals surface area contributed by atoms with Crippen molar-refractivity contribution in [2.24, 2.45) is 5.92 Å². The van der Waals surface area contributed by atoms with Crippen molar-refractivity contribution in [2.45, 2.75) is 58.6 Å². The summed E-state index contributed by atoms with van der Waals surface area (Å²) in [6.45, 7) is 8.96. The number of aryl methyl sites for hydroxylation is 1. The summed E-state index contributed by atoms with van der Waals surface area (Å²) in [7, 11) is 0. The largest absolute Gasteiger partial charge is 0.487 e. The molecule has 1 aromatic rings. The number of rotatable bonds is 3. The van der Waals surface area contributed by atoms with E-state index in [2.05, 4.69) is 5.32 Å². The number of hydrogen-bond donors (Lipinski definition) is 1. The highest BCUT2D eigenvalue weighted by atomic mass is 16.6. The highest BCUT2D eigenvalue weighted by Gasteiger charge is 2.35. The third kappa shape index (κ3) is 5.39. The standard InChI is InChI=1S/C25H36N4O5/c1-4-33-25(32)28-13-9-20(10-14-28)26-23(30)19-7-11-27(12-8-19)24(31)29-16-18(3)34-22-6-5-17(2)15-21(22)29/h5-6,15,18-20H,4,7-14,16H2,1-3H3,(H,26,30)/t18-/m0/s1. The molecular formula is C25H36N4O5. The van der Waals surface area contributed by atoms with E-state index in [-0.39, 0.29) is 36.1 Å². The number of benzene rings is 1. The van der Waals surface area contributed by atoms with E-state index in [1.54, 1.807) is 11.8 Å². The van der Waals surface area contributed by atoms with Gasteiger partial charge in [-0.1, -0.05) is 6.07 Å². The molecule has 3 aliphatic heterocycles. The molecule has 186 valence electrons. The molecular weight excluding hydrogens is 436 g/mol. The van der Waals surface area contributed by atoms with Crippen molar-refractivity contribution < 1.29 is 23.9 Å². The Hall–Kier alpha value is -2.97. The normalized spacial score (nSPS) is 21.5. The van der Waals surface area contributed by atoms with Gasteiger partial charge in [0.1, 0.15) is 11.9 Å². The van der Waals surface area contributed by atoms with Crippen LogP contribution in [0.1, 0.15) is 45.1 Å². The molecule has 0 bridgehead atoms. The molecule has 0 spiro atoms. The third-order valence-electron chi connectivity index (χ3n) is 6.91. The molecule has 0 aliphatic carbocycles. The molecule has 1 N–H and O–H groups in total. The molecule has 4 amide bonds. The van der Waals surface area contributed by atoms with Gasteiger partial charge < -0.3 is 24.6 Å². The van der Waals surface area contributed by atoms with E-state index in [1.807, 2.05) is 41.8 Å². The summed E-state index contributed by atoms with van der Waals surface area (Å²) >= 11 is 0. The number of anilines is 1. The highest BCUT2D eigenvalue weighted by molar-refractivity contribution is 5.94. The maximum atomic E-state index is 13.4. The second-order valence-electron chi connectivity index (χ2n) is 9.52. The van der Waals surface area contributed by atoms with Crippen molar-refractivity contribution in [3.8, 4) is 5.75 Å². The van der Waals surface area contributed by atoms with Gasteiger partial charge in [-0.05, 0) is 64.2 Å². The topological polar surface area (TPSA) is 91.4 Å². The number of fused-ring (bicyclic) bond motifs is 1. The van der Waals surface area contributed by atoms with Crippen LogP contribution in [0.2, 0.25) is 0 Å². The Bertz CT molecular complexity index is 907. The molecule has 34 heavy (non-hydrogen) atoms. The molecule has 3 aliphatic rings. The zero-order chi connectivity index (χ0) is 24.2. The maximum absolute atomic E-state index is 13.4. The molecule has 2 saturated heterocycles. The summed E-state index contributed by atoms with van der Waals surface area (Å²) in [4.78, 5) is 43.4. The number of nitrogens with one attached hydrogen (secondary N) is 1. The summed E-state index contributed by atoms with van der Waals surface area (Å²) in [5.41, 5.74) is 1.90. The number of ether oxygens (including phenoxy) is 2. The number of urea groups is 1. The number of nitrogens with zero attached hydrogens (tertiary/aromatic N) is 3. The van der Waals surface area contributed by atoms with Crippen molar-refractivity contribution in [2.75, 3.05) is 44.2 Å². The van der Waals surface area contributed by atoms with Crippen molar-refractivity contribution >= 4 is 23.7 Å². The third-order valence-corrected chi connectivity index (χ3v) is 6.91. The van der Waals surface area contributed by atoms with Gasteiger partial charge in [-0.15, -0.1) is 0 Å². The van der Waals surface area contributed by atoms with Gasteiger partial charge in [0.15, 0.2) is 0 Å². The minimum Gasteiger partial charge on any atom is -0.487 e. The molecule has 0 aromatic heterocycles. The first kappa shape index (κ1) is 24.2. The molecule has 1 atom stereocenters. The second kappa shape index (κ2) is 10.5. The van der Waals surface area contributed by atoms with Gasteiger partial charge in [0.25, 0.3) is 0 Å². The lowest BCUT2D eigenvalue weighted by Crippen LogP contribution is -2.53. The lowest BCUT2D eigenvalue weighted by atomic mass is 9.94. The minimum absolute atomic E-state index is 0.0211. The molecule has 0 unspecified atom stereocenters. The summed E-state index contributed by atoms with van der Waals surface area (Å²) in [6, 6.07) is 5.96. The van der Waals surface area contributed by atoms with E-state index in [1.165, 1.54) is 0 Å². The van der Waals surface area contributed by atoms with Crippen molar-refractivity contribution in [3.05, 3.63) is 23.8 Å². The van der Waals surface area contributed by atoms with Gasteiger partial charge in [0, 0.05) is 38.1 Å². The van der Waals surface area contributed by atoms with Crippen LogP contribution in [0.3, 0.4) is 0 Å². The highest BCUT2D eigenvalue weighted by Crippen LogP contribution is 2.35. The van der Waals surface area contributed by atoms with Gasteiger partial charge in [0.05, 0.1) is 18.8 Å². The lowest BCUT2D eigenvalue weighted by Gasteiger charge is -2.39. The van der Waals surface area contributed by atoms with E-state index < -0.39 is 0 Å². The fraction of sp³-hybridized carbons (Fsp3) is 0.640. The van der Waals surface area contributed by atoms with Crippen molar-refractivity contribution in [1.82, 2.24) is 15.1 Å². The Kier molecular flexibility index (Phi) is 7.48. The Balaban J connectivity index is 1.27. The Morgan fingerprint density at radius 3 is 2.41 bits per heavy atom. The van der Waals surface area contributed by atoms with Crippen LogP contribution in [-0.2, 0) is 9.53 Å². The number of hydrogen-bond acceptors (Lipinski definition) is 5.